The fourth-order valence-electron chi connectivity index (χ4n) is 1.80. The molecule has 0 spiro atoms. The molecular formula is C12H18ClOP. The van der Waals surface area contributed by atoms with Crippen LogP contribution in [0.4, 0.5) is 0 Å². The topological polar surface area (TPSA) is 17.1 Å². The minimum Gasteiger partial charge on any atom is -0.321 e. The fourth-order valence-corrected chi connectivity index (χ4v) is 4.89. The molecule has 0 aliphatic rings. The van der Waals surface area contributed by atoms with Gasteiger partial charge in [-0.05, 0) is 12.5 Å². The van der Waals surface area contributed by atoms with Crippen LogP contribution >= 0.6 is 18.7 Å². The van der Waals surface area contributed by atoms with Crippen LogP contribution in [0.15, 0.2) is 30.3 Å². The van der Waals surface area contributed by atoms with Crippen molar-refractivity contribution in [1.82, 2.24) is 0 Å². The Hall–Kier alpha value is -0.260. The van der Waals surface area contributed by atoms with Gasteiger partial charge in [-0.25, -0.2) is 0 Å². The standard InChI is InChI=1S/C12H18ClOP/c1-4-15(14,5-2)12(3,13)11-9-7-6-8-10-11/h6-10H,4-5H2,1-3H3. The van der Waals surface area contributed by atoms with Gasteiger partial charge in [-0.2, -0.15) is 0 Å². The predicted octanol–water partition coefficient (Wildman–Crippen LogP) is 4.50. The molecule has 1 nitrogen and oxygen atoms in total. The third-order valence-electron chi connectivity index (χ3n) is 3.09. The quantitative estimate of drug-likeness (QED) is 0.563. The van der Waals surface area contributed by atoms with Gasteiger partial charge in [0.2, 0.25) is 0 Å². The van der Waals surface area contributed by atoms with E-state index < -0.39 is 11.8 Å². The van der Waals surface area contributed by atoms with Gasteiger partial charge in [-0.1, -0.05) is 44.2 Å². The van der Waals surface area contributed by atoms with E-state index in [0.29, 0.717) is 12.3 Å². The summed E-state index contributed by atoms with van der Waals surface area (Å²) in [5, 5.41) is 0. The van der Waals surface area contributed by atoms with Gasteiger partial charge in [0, 0.05) is 12.3 Å². The van der Waals surface area contributed by atoms with Crippen molar-refractivity contribution in [3.05, 3.63) is 35.9 Å². The highest BCUT2D eigenvalue weighted by Crippen LogP contribution is 2.64. The molecule has 0 amide bonds. The maximum Gasteiger partial charge on any atom is 0.119 e. The summed E-state index contributed by atoms with van der Waals surface area (Å²) in [5.74, 6) is 0. The SMILES string of the molecule is CCP(=O)(CC)C(C)(Cl)c1ccccc1. The van der Waals surface area contributed by atoms with Gasteiger partial charge in [0.15, 0.2) is 0 Å². The lowest BCUT2D eigenvalue weighted by atomic mass is 10.2. The molecule has 84 valence electrons. The largest absolute Gasteiger partial charge is 0.321 e. The minimum absolute atomic E-state index is 0.651. The summed E-state index contributed by atoms with van der Waals surface area (Å²) in [6.45, 7) is 5.78. The molecule has 1 aromatic rings. The Labute approximate surface area is 97.2 Å². The third-order valence-corrected chi connectivity index (χ3v) is 8.06. The van der Waals surface area contributed by atoms with E-state index in [0.717, 1.165) is 5.56 Å². The Bertz CT molecular complexity index is 351. The molecule has 0 aliphatic heterocycles. The van der Waals surface area contributed by atoms with Crippen molar-refractivity contribution in [2.75, 3.05) is 12.3 Å². The first-order valence-electron chi connectivity index (χ1n) is 5.30. The molecule has 0 aromatic heterocycles. The Kier molecular flexibility index (Phi) is 4.03. The molecule has 15 heavy (non-hydrogen) atoms. The minimum atomic E-state index is -2.34. The summed E-state index contributed by atoms with van der Waals surface area (Å²) >= 11 is 6.51. The van der Waals surface area contributed by atoms with Crippen LogP contribution in [-0.2, 0) is 9.18 Å². The second-order valence-corrected chi connectivity index (χ2v) is 8.80. The van der Waals surface area contributed by atoms with Crippen molar-refractivity contribution in [2.45, 2.75) is 25.4 Å². The average molecular weight is 245 g/mol. The number of rotatable bonds is 4. The lowest BCUT2D eigenvalue weighted by molar-refractivity contribution is 0.563. The first kappa shape index (κ1) is 12.8. The Balaban J connectivity index is 3.18. The average Bonchev–Trinajstić information content (AvgIpc) is 2.29. The zero-order chi connectivity index (χ0) is 11.5. The number of benzene rings is 1. The monoisotopic (exact) mass is 244 g/mol. The highest BCUT2D eigenvalue weighted by atomic mass is 35.5. The van der Waals surface area contributed by atoms with Crippen LogP contribution in [0.5, 0.6) is 0 Å². The number of hydrogen-bond donors (Lipinski definition) is 0. The molecule has 0 bridgehead atoms. The van der Waals surface area contributed by atoms with Crippen molar-refractivity contribution in [2.24, 2.45) is 0 Å². The van der Waals surface area contributed by atoms with Gasteiger partial charge >= 0.3 is 0 Å². The lowest BCUT2D eigenvalue weighted by Crippen LogP contribution is -2.17. The van der Waals surface area contributed by atoms with Gasteiger partial charge < -0.3 is 4.57 Å². The van der Waals surface area contributed by atoms with Gasteiger partial charge in [-0.3, -0.25) is 0 Å². The van der Waals surface area contributed by atoms with Crippen LogP contribution in [0.1, 0.15) is 26.3 Å². The molecule has 1 unspecified atom stereocenters. The van der Waals surface area contributed by atoms with Crippen molar-refractivity contribution in [3.8, 4) is 0 Å². The highest BCUT2D eigenvalue weighted by Gasteiger charge is 2.40. The maximum absolute atomic E-state index is 12.6. The van der Waals surface area contributed by atoms with Crippen molar-refractivity contribution in [1.29, 1.82) is 0 Å². The normalized spacial score (nSPS) is 16.0. The van der Waals surface area contributed by atoms with E-state index in [1.54, 1.807) is 0 Å². The van der Waals surface area contributed by atoms with Crippen LogP contribution < -0.4 is 0 Å². The third kappa shape index (κ3) is 2.29. The molecule has 0 N–H and O–H groups in total. The number of alkyl halides is 1. The summed E-state index contributed by atoms with van der Waals surface area (Å²) in [6, 6.07) is 9.71. The lowest BCUT2D eigenvalue weighted by Gasteiger charge is -2.31. The Morgan fingerprint density at radius 3 is 2.07 bits per heavy atom. The predicted molar refractivity (Wildman–Crippen MR) is 68.3 cm³/mol. The van der Waals surface area contributed by atoms with Crippen LogP contribution in [0, 0.1) is 0 Å². The van der Waals surface area contributed by atoms with Crippen LogP contribution in [0.25, 0.3) is 0 Å². The zero-order valence-corrected chi connectivity index (χ0v) is 11.2. The van der Waals surface area contributed by atoms with E-state index >= 15 is 0 Å². The number of hydrogen-bond acceptors (Lipinski definition) is 1. The molecule has 0 heterocycles. The fraction of sp³-hybridized carbons (Fsp3) is 0.500. The van der Waals surface area contributed by atoms with Crippen molar-refractivity contribution >= 4 is 18.7 Å². The molecular weight excluding hydrogens is 227 g/mol. The molecule has 0 saturated heterocycles. The molecule has 0 aliphatic carbocycles. The molecule has 0 radical (unpaired) electrons. The second-order valence-electron chi connectivity index (χ2n) is 3.84. The summed E-state index contributed by atoms with van der Waals surface area (Å²) < 4.78 is 11.9. The van der Waals surface area contributed by atoms with E-state index in [1.165, 1.54) is 0 Å². The van der Waals surface area contributed by atoms with E-state index in [9.17, 15) is 4.57 Å². The zero-order valence-electron chi connectivity index (χ0n) is 9.53. The van der Waals surface area contributed by atoms with Crippen LogP contribution in [0.2, 0.25) is 0 Å². The Morgan fingerprint density at radius 2 is 1.67 bits per heavy atom. The molecule has 3 heteroatoms. The number of halogens is 1. The Morgan fingerprint density at radius 1 is 1.20 bits per heavy atom. The molecule has 1 atom stereocenters. The van der Waals surface area contributed by atoms with Crippen molar-refractivity contribution in [3.63, 3.8) is 0 Å². The van der Waals surface area contributed by atoms with Crippen molar-refractivity contribution < 1.29 is 4.57 Å². The summed E-state index contributed by atoms with van der Waals surface area (Å²) in [4.78, 5) is 0. The molecule has 1 rings (SSSR count). The molecule has 1 aromatic carbocycles. The van der Waals surface area contributed by atoms with Gasteiger partial charge in [0.25, 0.3) is 0 Å². The van der Waals surface area contributed by atoms with E-state index in [-0.39, 0.29) is 0 Å². The molecule has 0 fully saturated rings. The smallest absolute Gasteiger partial charge is 0.119 e. The van der Waals surface area contributed by atoms with E-state index in [2.05, 4.69) is 0 Å². The van der Waals surface area contributed by atoms with Gasteiger partial charge in [-0.15, -0.1) is 11.6 Å². The second kappa shape index (κ2) is 4.72. The van der Waals surface area contributed by atoms with Crippen LogP contribution in [0.3, 0.4) is 0 Å². The van der Waals surface area contributed by atoms with E-state index in [1.807, 2.05) is 51.1 Å². The maximum atomic E-state index is 12.6. The van der Waals surface area contributed by atoms with Crippen LogP contribution in [-0.4, -0.2) is 12.3 Å². The first-order chi connectivity index (χ1) is 6.98. The molecule has 0 saturated carbocycles. The van der Waals surface area contributed by atoms with Gasteiger partial charge in [0.1, 0.15) is 11.8 Å². The highest BCUT2D eigenvalue weighted by molar-refractivity contribution is 7.66. The summed E-state index contributed by atoms with van der Waals surface area (Å²) in [7, 11) is -2.34. The first-order valence-corrected chi connectivity index (χ1v) is 7.76. The van der Waals surface area contributed by atoms with Gasteiger partial charge in [0.05, 0.1) is 0 Å². The summed E-state index contributed by atoms with van der Waals surface area (Å²) in [6.07, 6.45) is 1.30. The van der Waals surface area contributed by atoms with E-state index in [4.69, 9.17) is 11.6 Å². The summed E-state index contributed by atoms with van der Waals surface area (Å²) in [5.41, 5.74) is 0.957.